The number of hydrogen-bond donors (Lipinski definition) is 2. The molecule has 1 amide bonds. The largest absolute Gasteiger partial charge is 0.452 e. The van der Waals surface area contributed by atoms with E-state index < -0.39 is 23.4 Å². The van der Waals surface area contributed by atoms with Gasteiger partial charge in [-0.15, -0.1) is 0 Å². The van der Waals surface area contributed by atoms with Crippen molar-refractivity contribution in [3.63, 3.8) is 0 Å². The van der Waals surface area contributed by atoms with E-state index in [-0.39, 0.29) is 16.3 Å². The van der Waals surface area contributed by atoms with Crippen molar-refractivity contribution in [2.45, 2.75) is 6.42 Å². The third kappa shape index (κ3) is 4.47. The quantitative estimate of drug-likeness (QED) is 0.358. The van der Waals surface area contributed by atoms with Gasteiger partial charge in [0.25, 0.3) is 11.6 Å². The molecule has 8 nitrogen and oxygen atoms in total. The lowest BCUT2D eigenvalue weighted by molar-refractivity contribution is -0.384. The van der Waals surface area contributed by atoms with Gasteiger partial charge in [0.15, 0.2) is 6.61 Å². The van der Waals surface area contributed by atoms with E-state index in [4.69, 9.17) is 16.3 Å². The number of carbonyl (C=O) groups excluding carboxylic acids is 2. The second-order valence-corrected chi connectivity index (χ2v) is 6.36. The van der Waals surface area contributed by atoms with Crippen molar-refractivity contribution in [2.75, 3.05) is 13.2 Å². The van der Waals surface area contributed by atoms with E-state index in [2.05, 4.69) is 10.3 Å². The van der Waals surface area contributed by atoms with Crippen LogP contribution in [0.25, 0.3) is 10.9 Å². The first-order valence-corrected chi connectivity index (χ1v) is 8.76. The smallest absolute Gasteiger partial charge is 0.340 e. The number of ether oxygens (including phenoxy) is 1. The number of amides is 1. The number of nitro groups is 1. The van der Waals surface area contributed by atoms with Crippen LogP contribution in [0.15, 0.2) is 48.7 Å². The Hall–Kier alpha value is -3.39. The molecule has 2 aromatic carbocycles. The molecule has 0 unspecified atom stereocenters. The fraction of sp³-hybridized carbons (Fsp3) is 0.158. The lowest BCUT2D eigenvalue weighted by Gasteiger charge is -2.07. The molecule has 3 aromatic rings. The molecule has 0 fully saturated rings. The molecule has 3 rings (SSSR count). The monoisotopic (exact) mass is 401 g/mol. The minimum atomic E-state index is -0.902. The van der Waals surface area contributed by atoms with Crippen molar-refractivity contribution in [3.8, 4) is 0 Å². The highest BCUT2D eigenvalue weighted by Gasteiger charge is 2.18. The van der Waals surface area contributed by atoms with Gasteiger partial charge < -0.3 is 15.0 Å². The molecule has 0 radical (unpaired) electrons. The van der Waals surface area contributed by atoms with Gasteiger partial charge in [-0.3, -0.25) is 14.9 Å². The number of rotatable bonds is 7. The minimum Gasteiger partial charge on any atom is -0.452 e. The van der Waals surface area contributed by atoms with Crippen LogP contribution in [0.3, 0.4) is 0 Å². The Morgan fingerprint density at radius 1 is 1.21 bits per heavy atom. The van der Waals surface area contributed by atoms with E-state index in [9.17, 15) is 19.7 Å². The van der Waals surface area contributed by atoms with Crippen LogP contribution in [0.1, 0.15) is 15.9 Å². The van der Waals surface area contributed by atoms with E-state index >= 15 is 0 Å². The molecule has 9 heteroatoms. The predicted molar refractivity (Wildman–Crippen MR) is 103 cm³/mol. The average molecular weight is 402 g/mol. The fourth-order valence-electron chi connectivity index (χ4n) is 2.72. The summed E-state index contributed by atoms with van der Waals surface area (Å²) in [5, 5.41) is 14.6. The molecule has 144 valence electrons. The summed E-state index contributed by atoms with van der Waals surface area (Å²) in [6, 6.07) is 11.3. The van der Waals surface area contributed by atoms with E-state index in [1.54, 1.807) is 0 Å². The SMILES string of the molecule is O=C(COC(=O)c1cc([N+](=O)[O-])ccc1Cl)NCCc1c[nH]c2ccccc12. The maximum Gasteiger partial charge on any atom is 0.340 e. The van der Waals surface area contributed by atoms with Crippen LogP contribution in [-0.2, 0) is 16.0 Å². The van der Waals surface area contributed by atoms with Gasteiger partial charge in [0, 0.05) is 35.8 Å². The number of aromatic nitrogens is 1. The Balaban J connectivity index is 1.50. The number of para-hydroxylation sites is 1. The van der Waals surface area contributed by atoms with Crippen molar-refractivity contribution in [1.82, 2.24) is 10.3 Å². The maximum atomic E-state index is 12.0. The van der Waals surface area contributed by atoms with Crippen LogP contribution < -0.4 is 5.32 Å². The first-order valence-electron chi connectivity index (χ1n) is 8.38. The lowest BCUT2D eigenvalue weighted by Crippen LogP contribution is -2.30. The van der Waals surface area contributed by atoms with Crippen molar-refractivity contribution < 1.29 is 19.2 Å². The van der Waals surface area contributed by atoms with Crippen LogP contribution in [0.2, 0.25) is 5.02 Å². The van der Waals surface area contributed by atoms with Gasteiger partial charge >= 0.3 is 5.97 Å². The zero-order valence-electron chi connectivity index (χ0n) is 14.6. The number of hydrogen-bond acceptors (Lipinski definition) is 5. The molecular weight excluding hydrogens is 386 g/mol. The highest BCUT2D eigenvalue weighted by Crippen LogP contribution is 2.22. The van der Waals surface area contributed by atoms with Crippen LogP contribution in [0.4, 0.5) is 5.69 Å². The molecule has 0 saturated carbocycles. The molecule has 0 atom stereocenters. The molecule has 1 heterocycles. The molecular formula is C19H16ClN3O5. The third-order valence-electron chi connectivity index (χ3n) is 4.11. The molecule has 2 N–H and O–H groups in total. The third-order valence-corrected chi connectivity index (χ3v) is 4.44. The first kappa shape index (κ1) is 19.4. The molecule has 1 aromatic heterocycles. The number of H-pyrrole nitrogens is 1. The number of fused-ring (bicyclic) bond motifs is 1. The van der Waals surface area contributed by atoms with Gasteiger partial charge in [-0.25, -0.2) is 4.79 Å². The van der Waals surface area contributed by atoms with Crippen molar-refractivity contribution in [2.24, 2.45) is 0 Å². The molecule has 0 aliphatic rings. The van der Waals surface area contributed by atoms with E-state index in [1.165, 1.54) is 12.1 Å². The summed E-state index contributed by atoms with van der Waals surface area (Å²) in [6.07, 6.45) is 2.50. The summed E-state index contributed by atoms with van der Waals surface area (Å²) >= 11 is 5.87. The summed E-state index contributed by atoms with van der Waals surface area (Å²) in [4.78, 5) is 37.2. The van der Waals surface area contributed by atoms with Crippen LogP contribution in [-0.4, -0.2) is 34.9 Å². The maximum absolute atomic E-state index is 12.0. The van der Waals surface area contributed by atoms with Crippen molar-refractivity contribution in [1.29, 1.82) is 0 Å². The Morgan fingerprint density at radius 2 is 2.00 bits per heavy atom. The highest BCUT2D eigenvalue weighted by atomic mass is 35.5. The van der Waals surface area contributed by atoms with Gasteiger partial charge in [0.2, 0.25) is 0 Å². The van der Waals surface area contributed by atoms with Gasteiger partial charge in [-0.1, -0.05) is 29.8 Å². The van der Waals surface area contributed by atoms with Gasteiger partial charge in [0.1, 0.15) is 0 Å². The highest BCUT2D eigenvalue weighted by molar-refractivity contribution is 6.33. The number of carbonyl (C=O) groups is 2. The van der Waals surface area contributed by atoms with Crippen molar-refractivity contribution in [3.05, 3.63) is 74.9 Å². The Morgan fingerprint density at radius 3 is 2.79 bits per heavy atom. The fourth-order valence-corrected chi connectivity index (χ4v) is 2.91. The zero-order chi connectivity index (χ0) is 20.1. The van der Waals surface area contributed by atoms with Crippen LogP contribution in [0.5, 0.6) is 0 Å². The number of benzene rings is 2. The van der Waals surface area contributed by atoms with E-state index in [1.807, 2.05) is 30.5 Å². The number of aromatic amines is 1. The normalized spacial score (nSPS) is 10.6. The summed E-state index contributed by atoms with van der Waals surface area (Å²) in [7, 11) is 0. The van der Waals surface area contributed by atoms with Gasteiger partial charge in [-0.2, -0.15) is 0 Å². The number of nitrogens with zero attached hydrogens (tertiary/aromatic N) is 1. The van der Waals surface area contributed by atoms with E-state index in [0.717, 1.165) is 22.5 Å². The van der Waals surface area contributed by atoms with Crippen molar-refractivity contribution >= 4 is 40.1 Å². The zero-order valence-corrected chi connectivity index (χ0v) is 15.4. The first-order chi connectivity index (χ1) is 13.5. The molecule has 28 heavy (non-hydrogen) atoms. The Labute approximate surface area is 164 Å². The molecule has 0 saturated heterocycles. The second kappa shape index (κ2) is 8.53. The second-order valence-electron chi connectivity index (χ2n) is 5.96. The molecule has 0 aliphatic carbocycles. The topological polar surface area (TPSA) is 114 Å². The minimum absolute atomic E-state index is 0.00958. The summed E-state index contributed by atoms with van der Waals surface area (Å²) in [5.74, 6) is -1.38. The molecule has 0 bridgehead atoms. The number of nitro benzene ring substituents is 1. The van der Waals surface area contributed by atoms with Crippen LogP contribution in [0, 0.1) is 10.1 Å². The Bertz CT molecular complexity index is 1050. The summed E-state index contributed by atoms with van der Waals surface area (Å²) in [5.41, 5.74) is 1.63. The summed E-state index contributed by atoms with van der Waals surface area (Å²) in [6.45, 7) is -0.137. The van der Waals surface area contributed by atoms with E-state index in [0.29, 0.717) is 13.0 Å². The molecule has 0 aliphatic heterocycles. The number of esters is 1. The Kier molecular flexibility index (Phi) is 5.90. The summed E-state index contributed by atoms with van der Waals surface area (Å²) < 4.78 is 4.90. The van der Waals surface area contributed by atoms with Gasteiger partial charge in [-0.05, 0) is 24.1 Å². The predicted octanol–water partition coefficient (Wildman–Crippen LogP) is 3.25. The number of non-ortho nitro benzene ring substituents is 1. The number of halogens is 1. The standard InChI is InChI=1S/C19H16ClN3O5/c20-16-6-5-13(23(26)27)9-15(16)19(25)28-11-18(24)21-8-7-12-10-22-17-4-2-1-3-14(12)17/h1-6,9-10,22H,7-8,11H2,(H,21,24). The lowest BCUT2D eigenvalue weighted by atomic mass is 10.1. The van der Waals surface area contributed by atoms with Crippen LogP contribution >= 0.6 is 11.6 Å². The molecule has 0 spiro atoms. The average Bonchev–Trinajstić information content (AvgIpc) is 3.09. The number of nitrogens with one attached hydrogen (secondary N) is 2. The van der Waals surface area contributed by atoms with Gasteiger partial charge in [0.05, 0.1) is 15.5 Å².